The fraction of sp³-hybridized carbons (Fsp3) is 0.316. The average molecular weight is 651 g/mol. The summed E-state index contributed by atoms with van der Waals surface area (Å²) < 4.78 is 29.2. The van der Waals surface area contributed by atoms with Crippen molar-refractivity contribution in [2.45, 2.75) is 63.2 Å². The summed E-state index contributed by atoms with van der Waals surface area (Å²) in [4.78, 5) is 38.8. The average Bonchev–Trinajstić information content (AvgIpc) is 3.75. The number of allylic oxidation sites excluding steroid dienone is 8. The molecule has 1 unspecified atom stereocenters. The first-order valence-electron chi connectivity index (χ1n) is 16.1. The number of rotatable bonds is 6. The molecule has 1 aromatic carbocycles. The van der Waals surface area contributed by atoms with Crippen molar-refractivity contribution < 1.29 is 18.4 Å². The minimum atomic E-state index is -2.84. The van der Waals surface area contributed by atoms with Gasteiger partial charge in [0.05, 0.1) is 5.01 Å². The van der Waals surface area contributed by atoms with Crippen LogP contribution >= 0.6 is 11.3 Å². The molecule has 1 amide bonds. The summed E-state index contributed by atoms with van der Waals surface area (Å²) in [6.45, 7) is 4.24. The minimum absolute atomic E-state index is 0.0506. The standard InChI is InChI=1S/C38H36F2N4O2S/c1-37(18-6-3-7-19-37)31-23-44(33-30(31)11-8-20-41-33)36(46)32-24-47-34(42-32)26-16-21-43(22-17-26)35(45)29-10-5-4-9-28(29)25-12-14-27(15-13-25)38(2,39)40/h3-12,14,18,20,23-24,26H,13,15-17,19,21-22H2,1-2H3. The number of carbonyl (C=O) groups excluding carboxylic acids is 2. The maximum absolute atomic E-state index is 13.8. The molecule has 0 N–H and O–H groups in total. The number of carbonyl (C=O) groups is 2. The first-order chi connectivity index (χ1) is 22.6. The van der Waals surface area contributed by atoms with Crippen LogP contribution in [0.15, 0.2) is 96.2 Å². The third-order valence-corrected chi connectivity index (χ3v) is 10.7. The number of fused-ring (bicyclic) bond motifs is 1. The lowest BCUT2D eigenvalue weighted by Crippen LogP contribution is -2.38. The molecule has 3 aromatic heterocycles. The highest BCUT2D eigenvalue weighted by atomic mass is 32.1. The Bertz CT molecular complexity index is 1990. The van der Waals surface area contributed by atoms with Crippen molar-refractivity contribution in [1.82, 2.24) is 19.4 Å². The second kappa shape index (κ2) is 12.3. The predicted octanol–water partition coefficient (Wildman–Crippen LogP) is 8.73. The summed E-state index contributed by atoms with van der Waals surface area (Å²) >= 11 is 1.49. The number of benzene rings is 1. The van der Waals surface area contributed by atoms with E-state index in [1.165, 1.54) is 17.4 Å². The van der Waals surface area contributed by atoms with E-state index < -0.39 is 5.92 Å². The predicted molar refractivity (Wildman–Crippen MR) is 182 cm³/mol. The smallest absolute Gasteiger partial charge is 0.283 e. The number of piperidine rings is 1. The quantitative estimate of drug-likeness (QED) is 0.209. The Kier molecular flexibility index (Phi) is 8.12. The van der Waals surface area contributed by atoms with Crippen molar-refractivity contribution in [1.29, 1.82) is 0 Å². The van der Waals surface area contributed by atoms with Crippen LogP contribution in [0.3, 0.4) is 0 Å². The van der Waals surface area contributed by atoms with Gasteiger partial charge in [-0.3, -0.25) is 14.2 Å². The topological polar surface area (TPSA) is 68.1 Å². The summed E-state index contributed by atoms with van der Waals surface area (Å²) in [5.74, 6) is -2.94. The van der Waals surface area contributed by atoms with E-state index in [4.69, 9.17) is 4.98 Å². The molecule has 0 spiro atoms. The monoisotopic (exact) mass is 650 g/mol. The van der Waals surface area contributed by atoms with Gasteiger partial charge in [0.1, 0.15) is 11.3 Å². The number of halogens is 2. The summed E-state index contributed by atoms with van der Waals surface area (Å²) in [6.07, 6.45) is 18.3. The van der Waals surface area contributed by atoms with Gasteiger partial charge in [-0.25, -0.2) is 18.7 Å². The fourth-order valence-electron chi connectivity index (χ4n) is 6.97. The Balaban J connectivity index is 1.05. The number of likely N-dealkylation sites (tertiary alicyclic amines) is 1. The van der Waals surface area contributed by atoms with E-state index in [1.54, 1.807) is 16.8 Å². The van der Waals surface area contributed by atoms with E-state index in [2.05, 4.69) is 30.1 Å². The second-order valence-corrected chi connectivity index (χ2v) is 13.8. The van der Waals surface area contributed by atoms with Gasteiger partial charge in [0.15, 0.2) is 0 Å². The lowest BCUT2D eigenvalue weighted by Gasteiger charge is -2.32. The van der Waals surface area contributed by atoms with Gasteiger partial charge in [0, 0.05) is 60.1 Å². The van der Waals surface area contributed by atoms with Crippen molar-refractivity contribution in [2.75, 3.05) is 13.1 Å². The summed E-state index contributed by atoms with van der Waals surface area (Å²) in [7, 11) is 0. The molecule has 0 saturated carbocycles. The van der Waals surface area contributed by atoms with Gasteiger partial charge in [-0.05, 0) is 72.6 Å². The molecule has 1 saturated heterocycles. The molecule has 2 aliphatic carbocycles. The molecule has 240 valence electrons. The third-order valence-electron chi connectivity index (χ3n) is 9.74. The number of hydrogen-bond acceptors (Lipinski definition) is 5. The first-order valence-corrected chi connectivity index (χ1v) is 17.0. The van der Waals surface area contributed by atoms with E-state index >= 15 is 0 Å². The van der Waals surface area contributed by atoms with Crippen LogP contribution in [0, 0.1) is 0 Å². The van der Waals surface area contributed by atoms with Crippen molar-refractivity contribution in [3.05, 3.63) is 124 Å². The van der Waals surface area contributed by atoms with Crippen LogP contribution in [0.2, 0.25) is 0 Å². The minimum Gasteiger partial charge on any atom is -0.339 e. The Hall–Kier alpha value is -4.50. The van der Waals surface area contributed by atoms with Gasteiger partial charge >= 0.3 is 0 Å². The van der Waals surface area contributed by atoms with Crippen LogP contribution in [0.1, 0.15) is 88.9 Å². The van der Waals surface area contributed by atoms with Crippen LogP contribution in [0.4, 0.5) is 8.78 Å². The SMILES string of the molecule is CC(F)(F)C1=CC=C(c2ccccc2C(=O)N2CCC(c3nc(C(=O)n4cc(C5(C)C=CC=CC5)c5cccnc54)cs3)CC2)CC1. The number of alkyl halides is 2. The van der Waals surface area contributed by atoms with Gasteiger partial charge in [-0.1, -0.05) is 61.6 Å². The Morgan fingerprint density at radius 1 is 1.02 bits per heavy atom. The highest BCUT2D eigenvalue weighted by molar-refractivity contribution is 7.09. The van der Waals surface area contributed by atoms with Gasteiger partial charge < -0.3 is 4.90 Å². The molecular weight excluding hydrogens is 615 g/mol. The molecule has 3 aliphatic rings. The second-order valence-electron chi connectivity index (χ2n) is 13.0. The molecule has 6 nitrogen and oxygen atoms in total. The van der Waals surface area contributed by atoms with Crippen LogP contribution < -0.4 is 0 Å². The number of amides is 1. The molecule has 47 heavy (non-hydrogen) atoms. The van der Waals surface area contributed by atoms with Crippen molar-refractivity contribution >= 4 is 39.8 Å². The van der Waals surface area contributed by atoms with Crippen molar-refractivity contribution in [2.24, 2.45) is 0 Å². The number of thiazole rings is 1. The van der Waals surface area contributed by atoms with Crippen LogP contribution in [-0.2, 0) is 5.41 Å². The van der Waals surface area contributed by atoms with Crippen LogP contribution in [0.25, 0.3) is 16.6 Å². The zero-order valence-electron chi connectivity index (χ0n) is 26.5. The number of aromatic nitrogens is 3. The Morgan fingerprint density at radius 2 is 1.83 bits per heavy atom. The molecule has 1 aliphatic heterocycles. The zero-order valence-corrected chi connectivity index (χ0v) is 27.3. The molecule has 7 rings (SSSR count). The van der Waals surface area contributed by atoms with E-state index in [-0.39, 0.29) is 35.1 Å². The Labute approximate surface area is 276 Å². The maximum atomic E-state index is 13.8. The summed E-state index contributed by atoms with van der Waals surface area (Å²) in [5.41, 5.74) is 4.27. The fourth-order valence-corrected chi connectivity index (χ4v) is 7.93. The number of pyridine rings is 1. The van der Waals surface area contributed by atoms with E-state index in [0.717, 1.165) is 53.3 Å². The van der Waals surface area contributed by atoms with Crippen LogP contribution in [0.5, 0.6) is 0 Å². The third kappa shape index (κ3) is 5.93. The highest BCUT2D eigenvalue weighted by Crippen LogP contribution is 2.39. The number of nitrogens with zero attached hydrogens (tertiary/aromatic N) is 4. The van der Waals surface area contributed by atoms with Gasteiger partial charge in [0.25, 0.3) is 17.7 Å². The van der Waals surface area contributed by atoms with Crippen molar-refractivity contribution in [3.63, 3.8) is 0 Å². The van der Waals surface area contributed by atoms with Gasteiger partial charge in [-0.15, -0.1) is 11.3 Å². The van der Waals surface area contributed by atoms with E-state index in [9.17, 15) is 18.4 Å². The van der Waals surface area contributed by atoms with Crippen molar-refractivity contribution in [3.8, 4) is 0 Å². The normalized spacial score (nSPS) is 20.4. The molecule has 4 aromatic rings. The van der Waals surface area contributed by atoms with E-state index in [1.807, 2.05) is 59.0 Å². The van der Waals surface area contributed by atoms with Gasteiger partial charge in [0.2, 0.25) is 0 Å². The molecule has 9 heteroatoms. The first kappa shape index (κ1) is 31.1. The molecule has 0 radical (unpaired) electrons. The van der Waals surface area contributed by atoms with Gasteiger partial charge in [-0.2, -0.15) is 0 Å². The molecule has 4 heterocycles. The lowest BCUT2D eigenvalue weighted by atomic mass is 9.77. The zero-order chi connectivity index (χ0) is 32.8. The van der Waals surface area contributed by atoms with E-state index in [0.29, 0.717) is 36.4 Å². The lowest BCUT2D eigenvalue weighted by molar-refractivity contribution is 0.0595. The number of hydrogen-bond donors (Lipinski definition) is 0. The summed E-state index contributed by atoms with van der Waals surface area (Å²) in [6, 6.07) is 11.4. The highest BCUT2D eigenvalue weighted by Gasteiger charge is 2.32. The summed E-state index contributed by atoms with van der Waals surface area (Å²) in [5, 5.41) is 3.69. The molecule has 0 bridgehead atoms. The Morgan fingerprint density at radius 3 is 2.55 bits per heavy atom. The van der Waals surface area contributed by atoms with Crippen LogP contribution in [-0.4, -0.2) is 50.3 Å². The molecule has 1 fully saturated rings. The largest absolute Gasteiger partial charge is 0.339 e. The maximum Gasteiger partial charge on any atom is 0.283 e. The molecular formula is C38H36F2N4O2S. The molecule has 1 atom stereocenters.